The summed E-state index contributed by atoms with van der Waals surface area (Å²) in [4.78, 5) is 2.69. The normalized spacial score (nSPS) is 10.6. The van der Waals surface area contributed by atoms with E-state index < -0.39 is 0 Å². The molecule has 0 heterocycles. The third kappa shape index (κ3) is 3.56. The monoisotopic (exact) mass is 274 g/mol. The molecular weight excluding hydrogens is 256 g/mol. The van der Waals surface area contributed by atoms with E-state index in [2.05, 4.69) is 62.4 Å². The number of rotatable bonds is 5. The summed E-state index contributed by atoms with van der Waals surface area (Å²) in [5.74, 6) is 2.25. The summed E-state index contributed by atoms with van der Waals surface area (Å²) >= 11 is 3.77. The highest BCUT2D eigenvalue weighted by Crippen LogP contribution is 2.26. The molecule has 18 heavy (non-hydrogen) atoms. The Balaban J connectivity index is 2.15. The molecule has 2 heteroatoms. The molecule has 0 atom stereocenters. The van der Waals surface area contributed by atoms with Gasteiger partial charge in [-0.2, -0.15) is 0 Å². The van der Waals surface area contributed by atoms with Crippen molar-refractivity contribution >= 4 is 23.5 Å². The summed E-state index contributed by atoms with van der Waals surface area (Å²) in [5.41, 5.74) is 2.59. The molecule has 94 valence electrons. The molecule has 0 aliphatic rings. The van der Waals surface area contributed by atoms with E-state index in [1.165, 1.54) is 20.9 Å². The zero-order chi connectivity index (χ0) is 12.8. The van der Waals surface area contributed by atoms with Gasteiger partial charge in [0.2, 0.25) is 0 Å². The van der Waals surface area contributed by atoms with Crippen LogP contribution in [0, 0.1) is 0 Å². The van der Waals surface area contributed by atoms with E-state index in [-0.39, 0.29) is 0 Å². The maximum absolute atomic E-state index is 2.21. The minimum Gasteiger partial charge on any atom is -0.126 e. The Bertz CT molecular complexity index is 424. The first-order valence-electron chi connectivity index (χ1n) is 6.29. The minimum atomic E-state index is 1.13. The van der Waals surface area contributed by atoms with Crippen molar-refractivity contribution in [2.45, 2.75) is 23.6 Å². The third-order valence-corrected chi connectivity index (χ3v) is 4.45. The number of benzene rings is 2. The van der Waals surface area contributed by atoms with Crippen LogP contribution in [0.3, 0.4) is 0 Å². The Labute approximate surface area is 118 Å². The second-order valence-electron chi connectivity index (χ2n) is 3.91. The lowest BCUT2D eigenvalue weighted by Crippen LogP contribution is -1.79. The highest BCUT2D eigenvalue weighted by atomic mass is 32.2. The third-order valence-electron chi connectivity index (χ3n) is 2.66. The second kappa shape index (κ2) is 6.91. The summed E-state index contributed by atoms with van der Waals surface area (Å²) < 4.78 is 0. The molecular formula is C16H18S2. The fourth-order valence-corrected chi connectivity index (χ4v) is 3.14. The van der Waals surface area contributed by atoms with Crippen LogP contribution in [0.15, 0.2) is 58.3 Å². The number of thioether (sulfide) groups is 2. The predicted octanol–water partition coefficient (Wildman–Crippen LogP) is 5.58. The van der Waals surface area contributed by atoms with Crippen LogP contribution in [-0.2, 0) is 0 Å². The van der Waals surface area contributed by atoms with Gasteiger partial charge in [-0.1, -0.05) is 38.1 Å². The lowest BCUT2D eigenvalue weighted by molar-refractivity contribution is 1.40. The highest BCUT2D eigenvalue weighted by Gasteiger charge is 1.99. The van der Waals surface area contributed by atoms with Crippen LogP contribution in [0.2, 0.25) is 0 Å². The van der Waals surface area contributed by atoms with E-state index in [0.717, 1.165) is 11.5 Å². The lowest BCUT2D eigenvalue weighted by Gasteiger charge is -2.05. The van der Waals surface area contributed by atoms with Crippen LogP contribution in [0.1, 0.15) is 13.8 Å². The van der Waals surface area contributed by atoms with E-state index >= 15 is 0 Å². The Morgan fingerprint density at radius 1 is 0.611 bits per heavy atom. The van der Waals surface area contributed by atoms with Gasteiger partial charge < -0.3 is 0 Å². The SMILES string of the molecule is CCSc1ccc(-c2ccc(SCC)cc2)cc1. The van der Waals surface area contributed by atoms with Crippen LogP contribution in [0.5, 0.6) is 0 Å². The van der Waals surface area contributed by atoms with Gasteiger partial charge in [0.15, 0.2) is 0 Å². The second-order valence-corrected chi connectivity index (χ2v) is 6.59. The zero-order valence-corrected chi connectivity index (χ0v) is 12.5. The molecule has 0 nitrogen and oxygen atoms in total. The van der Waals surface area contributed by atoms with Crippen molar-refractivity contribution in [2.75, 3.05) is 11.5 Å². The lowest BCUT2D eigenvalue weighted by atomic mass is 10.1. The van der Waals surface area contributed by atoms with Crippen molar-refractivity contribution in [1.82, 2.24) is 0 Å². The van der Waals surface area contributed by atoms with Gasteiger partial charge in [0.05, 0.1) is 0 Å². The topological polar surface area (TPSA) is 0 Å². The Morgan fingerprint density at radius 3 is 1.22 bits per heavy atom. The molecule has 0 saturated heterocycles. The fraction of sp³-hybridized carbons (Fsp3) is 0.250. The van der Waals surface area contributed by atoms with E-state index in [0.29, 0.717) is 0 Å². The van der Waals surface area contributed by atoms with Gasteiger partial charge in [0, 0.05) is 9.79 Å². The van der Waals surface area contributed by atoms with Gasteiger partial charge in [-0.05, 0) is 46.9 Å². The average molecular weight is 274 g/mol. The molecule has 0 saturated carbocycles. The first-order valence-corrected chi connectivity index (χ1v) is 8.26. The molecule has 0 aliphatic carbocycles. The molecule has 0 amide bonds. The van der Waals surface area contributed by atoms with E-state index in [4.69, 9.17) is 0 Å². The summed E-state index contributed by atoms with van der Waals surface area (Å²) in [6.07, 6.45) is 0. The first-order chi connectivity index (χ1) is 8.83. The van der Waals surface area contributed by atoms with Crippen LogP contribution >= 0.6 is 23.5 Å². The van der Waals surface area contributed by atoms with Gasteiger partial charge in [-0.25, -0.2) is 0 Å². The molecule has 0 spiro atoms. The van der Waals surface area contributed by atoms with Gasteiger partial charge in [0.25, 0.3) is 0 Å². The van der Waals surface area contributed by atoms with Gasteiger partial charge in [0.1, 0.15) is 0 Å². The molecule has 0 radical (unpaired) electrons. The average Bonchev–Trinajstić information content (AvgIpc) is 2.41. The van der Waals surface area contributed by atoms with Crippen LogP contribution in [0.25, 0.3) is 11.1 Å². The zero-order valence-electron chi connectivity index (χ0n) is 10.8. The Kier molecular flexibility index (Phi) is 5.21. The Hall–Kier alpha value is -0.860. The molecule has 2 rings (SSSR count). The Morgan fingerprint density at radius 2 is 0.944 bits per heavy atom. The van der Waals surface area contributed by atoms with Crippen molar-refractivity contribution in [3.63, 3.8) is 0 Å². The van der Waals surface area contributed by atoms with E-state index in [9.17, 15) is 0 Å². The molecule has 0 N–H and O–H groups in total. The molecule has 2 aromatic rings. The van der Waals surface area contributed by atoms with Crippen molar-refractivity contribution in [2.24, 2.45) is 0 Å². The van der Waals surface area contributed by atoms with Gasteiger partial charge in [-0.15, -0.1) is 23.5 Å². The van der Waals surface area contributed by atoms with E-state index in [1.807, 2.05) is 23.5 Å². The molecule has 0 fully saturated rings. The largest absolute Gasteiger partial charge is 0.126 e. The number of hydrogen-bond donors (Lipinski definition) is 0. The summed E-state index contributed by atoms with van der Waals surface area (Å²) in [6, 6.07) is 17.7. The van der Waals surface area contributed by atoms with Crippen LogP contribution < -0.4 is 0 Å². The quantitative estimate of drug-likeness (QED) is 0.653. The molecule has 0 unspecified atom stereocenters. The van der Waals surface area contributed by atoms with Crippen LogP contribution in [-0.4, -0.2) is 11.5 Å². The summed E-state index contributed by atoms with van der Waals surface area (Å²) in [5, 5.41) is 0. The predicted molar refractivity (Wildman–Crippen MR) is 84.7 cm³/mol. The molecule has 0 bridgehead atoms. The number of hydrogen-bond acceptors (Lipinski definition) is 2. The summed E-state index contributed by atoms with van der Waals surface area (Å²) in [7, 11) is 0. The van der Waals surface area contributed by atoms with Crippen molar-refractivity contribution < 1.29 is 0 Å². The maximum Gasteiger partial charge on any atom is 0.00722 e. The van der Waals surface area contributed by atoms with Crippen molar-refractivity contribution in [1.29, 1.82) is 0 Å². The molecule has 0 aromatic heterocycles. The summed E-state index contributed by atoms with van der Waals surface area (Å²) in [6.45, 7) is 4.37. The highest BCUT2D eigenvalue weighted by molar-refractivity contribution is 7.99. The fourth-order valence-electron chi connectivity index (χ4n) is 1.82. The van der Waals surface area contributed by atoms with Crippen molar-refractivity contribution in [3.8, 4) is 11.1 Å². The smallest absolute Gasteiger partial charge is 0.00722 e. The maximum atomic E-state index is 2.21. The van der Waals surface area contributed by atoms with Crippen LogP contribution in [0.4, 0.5) is 0 Å². The minimum absolute atomic E-state index is 1.13. The molecule has 0 aliphatic heterocycles. The first kappa shape index (κ1) is 13.6. The van der Waals surface area contributed by atoms with Gasteiger partial charge in [-0.3, -0.25) is 0 Å². The van der Waals surface area contributed by atoms with Crippen molar-refractivity contribution in [3.05, 3.63) is 48.5 Å². The molecule has 2 aromatic carbocycles. The van der Waals surface area contributed by atoms with Gasteiger partial charge >= 0.3 is 0 Å². The van der Waals surface area contributed by atoms with E-state index in [1.54, 1.807) is 0 Å². The standard InChI is InChI=1S/C16H18S2/c1-3-17-15-9-5-13(6-10-15)14-7-11-16(12-8-14)18-4-2/h5-12H,3-4H2,1-2H3.